The van der Waals surface area contributed by atoms with Gasteiger partial charge in [0.1, 0.15) is 0 Å². The second kappa shape index (κ2) is 8.85. The molecule has 0 unspecified atom stereocenters. The Morgan fingerprint density at radius 1 is 1.16 bits per heavy atom. The van der Waals surface area contributed by atoms with E-state index in [9.17, 15) is 9.59 Å². The van der Waals surface area contributed by atoms with E-state index in [0.717, 1.165) is 0 Å². The SMILES string of the molecule is CCN(CC)C(=O)c1ccccc1NCC(=O)N1C[C@H](C)O[C@@H](C)C1. The summed E-state index contributed by atoms with van der Waals surface area (Å²) in [5, 5.41) is 3.14. The number of hydrogen-bond acceptors (Lipinski definition) is 4. The monoisotopic (exact) mass is 347 g/mol. The Balaban J connectivity index is 2.03. The van der Waals surface area contributed by atoms with Crippen LogP contribution in [0, 0.1) is 0 Å². The summed E-state index contributed by atoms with van der Waals surface area (Å²) in [6, 6.07) is 7.35. The van der Waals surface area contributed by atoms with Gasteiger partial charge in [0.05, 0.1) is 24.3 Å². The van der Waals surface area contributed by atoms with Gasteiger partial charge in [-0.25, -0.2) is 0 Å². The molecule has 0 bridgehead atoms. The van der Waals surface area contributed by atoms with E-state index in [1.54, 1.807) is 11.0 Å². The zero-order valence-corrected chi connectivity index (χ0v) is 15.6. The van der Waals surface area contributed by atoms with Gasteiger partial charge in [-0.15, -0.1) is 0 Å². The summed E-state index contributed by atoms with van der Waals surface area (Å²) >= 11 is 0. The lowest BCUT2D eigenvalue weighted by Crippen LogP contribution is -2.49. The highest BCUT2D eigenvalue weighted by Gasteiger charge is 2.26. The Morgan fingerprint density at radius 3 is 2.36 bits per heavy atom. The molecule has 0 saturated carbocycles. The van der Waals surface area contributed by atoms with Crippen LogP contribution in [0.2, 0.25) is 0 Å². The summed E-state index contributed by atoms with van der Waals surface area (Å²) in [5.41, 5.74) is 1.30. The molecule has 1 aliphatic rings. The number of nitrogens with zero attached hydrogens (tertiary/aromatic N) is 2. The molecule has 2 rings (SSSR count). The lowest BCUT2D eigenvalue weighted by molar-refractivity contribution is -0.141. The molecule has 6 nitrogen and oxygen atoms in total. The molecular formula is C19H29N3O3. The lowest BCUT2D eigenvalue weighted by Gasteiger charge is -2.35. The van der Waals surface area contributed by atoms with Crippen molar-refractivity contribution >= 4 is 17.5 Å². The Morgan fingerprint density at radius 2 is 1.76 bits per heavy atom. The number of rotatable bonds is 6. The van der Waals surface area contributed by atoms with Crippen molar-refractivity contribution < 1.29 is 14.3 Å². The molecule has 2 atom stereocenters. The molecule has 0 spiro atoms. The molecule has 1 N–H and O–H groups in total. The van der Waals surface area contributed by atoms with Crippen molar-refractivity contribution in [1.29, 1.82) is 0 Å². The maximum absolute atomic E-state index is 12.6. The molecule has 1 heterocycles. The van der Waals surface area contributed by atoms with Crippen LogP contribution in [0.1, 0.15) is 38.1 Å². The van der Waals surface area contributed by atoms with Gasteiger partial charge in [0, 0.05) is 31.9 Å². The number of anilines is 1. The number of nitrogens with one attached hydrogen (secondary N) is 1. The van der Waals surface area contributed by atoms with Gasteiger partial charge in [-0.1, -0.05) is 12.1 Å². The Hall–Kier alpha value is -2.08. The number of hydrogen-bond donors (Lipinski definition) is 1. The van der Waals surface area contributed by atoms with Crippen LogP contribution in [-0.2, 0) is 9.53 Å². The molecule has 25 heavy (non-hydrogen) atoms. The van der Waals surface area contributed by atoms with Crippen LogP contribution in [0.25, 0.3) is 0 Å². The van der Waals surface area contributed by atoms with Gasteiger partial charge in [0.2, 0.25) is 5.91 Å². The average Bonchev–Trinajstić information content (AvgIpc) is 2.60. The highest BCUT2D eigenvalue weighted by atomic mass is 16.5. The van der Waals surface area contributed by atoms with Crippen molar-refractivity contribution in [2.24, 2.45) is 0 Å². The fourth-order valence-corrected chi connectivity index (χ4v) is 3.17. The van der Waals surface area contributed by atoms with Crippen molar-refractivity contribution in [3.63, 3.8) is 0 Å². The predicted octanol–water partition coefficient (Wildman–Crippen LogP) is 2.22. The topological polar surface area (TPSA) is 61.9 Å². The van der Waals surface area contributed by atoms with Crippen molar-refractivity contribution in [2.45, 2.75) is 39.9 Å². The first-order chi connectivity index (χ1) is 12.0. The summed E-state index contributed by atoms with van der Waals surface area (Å²) in [6.45, 7) is 10.6. The number of carbonyl (C=O) groups excluding carboxylic acids is 2. The standard InChI is InChI=1S/C19H29N3O3/c1-5-21(6-2)19(24)16-9-7-8-10-17(16)20-11-18(23)22-12-14(3)25-15(4)13-22/h7-10,14-15,20H,5-6,11-13H2,1-4H3/t14-,15-/m0/s1. The van der Waals surface area contributed by atoms with Crippen molar-refractivity contribution in [3.05, 3.63) is 29.8 Å². The fourth-order valence-electron chi connectivity index (χ4n) is 3.17. The molecule has 1 aromatic rings. The number of benzene rings is 1. The van der Waals surface area contributed by atoms with Gasteiger partial charge in [0.25, 0.3) is 5.91 Å². The van der Waals surface area contributed by atoms with Gasteiger partial charge < -0.3 is 19.9 Å². The first-order valence-electron chi connectivity index (χ1n) is 9.01. The number of para-hydroxylation sites is 1. The molecule has 1 fully saturated rings. The first-order valence-corrected chi connectivity index (χ1v) is 9.01. The normalized spacial score (nSPS) is 20.2. The number of morpholine rings is 1. The van der Waals surface area contributed by atoms with Crippen LogP contribution in [-0.4, -0.2) is 66.5 Å². The molecule has 1 aliphatic heterocycles. The van der Waals surface area contributed by atoms with Crippen LogP contribution in [0.15, 0.2) is 24.3 Å². The third-order valence-corrected chi connectivity index (χ3v) is 4.41. The minimum Gasteiger partial charge on any atom is -0.376 e. The van der Waals surface area contributed by atoms with Crippen LogP contribution >= 0.6 is 0 Å². The largest absolute Gasteiger partial charge is 0.376 e. The molecular weight excluding hydrogens is 318 g/mol. The molecule has 1 aromatic carbocycles. The Labute approximate surface area is 150 Å². The highest BCUT2D eigenvalue weighted by Crippen LogP contribution is 2.18. The number of amides is 2. The predicted molar refractivity (Wildman–Crippen MR) is 98.8 cm³/mol. The minimum atomic E-state index is -0.0193. The van der Waals surface area contributed by atoms with Gasteiger partial charge in [-0.2, -0.15) is 0 Å². The van der Waals surface area contributed by atoms with E-state index in [1.807, 2.05) is 50.8 Å². The van der Waals surface area contributed by atoms with Crippen LogP contribution < -0.4 is 5.32 Å². The maximum Gasteiger partial charge on any atom is 0.255 e. The molecule has 0 radical (unpaired) electrons. The zero-order valence-electron chi connectivity index (χ0n) is 15.6. The molecule has 0 aromatic heterocycles. The average molecular weight is 347 g/mol. The molecule has 0 aliphatic carbocycles. The van der Waals surface area contributed by atoms with E-state index in [4.69, 9.17) is 4.74 Å². The third-order valence-electron chi connectivity index (χ3n) is 4.41. The van der Waals surface area contributed by atoms with Gasteiger partial charge in [-0.3, -0.25) is 9.59 Å². The lowest BCUT2D eigenvalue weighted by atomic mass is 10.1. The molecule has 6 heteroatoms. The van der Waals surface area contributed by atoms with E-state index >= 15 is 0 Å². The second-order valence-corrected chi connectivity index (χ2v) is 6.43. The third kappa shape index (κ3) is 4.95. The van der Waals surface area contributed by atoms with Crippen LogP contribution in [0.5, 0.6) is 0 Å². The Bertz CT molecular complexity index is 591. The first kappa shape index (κ1) is 19.2. The maximum atomic E-state index is 12.6. The minimum absolute atomic E-state index is 0.0193. The Kier molecular flexibility index (Phi) is 6.82. The fraction of sp³-hybridized carbons (Fsp3) is 0.579. The quantitative estimate of drug-likeness (QED) is 0.857. The zero-order chi connectivity index (χ0) is 18.4. The van der Waals surface area contributed by atoms with Gasteiger partial charge >= 0.3 is 0 Å². The van der Waals surface area contributed by atoms with E-state index in [0.29, 0.717) is 37.4 Å². The van der Waals surface area contributed by atoms with E-state index in [-0.39, 0.29) is 30.6 Å². The second-order valence-electron chi connectivity index (χ2n) is 6.43. The molecule has 138 valence electrons. The van der Waals surface area contributed by atoms with E-state index in [1.165, 1.54) is 0 Å². The van der Waals surface area contributed by atoms with Crippen LogP contribution in [0.3, 0.4) is 0 Å². The number of carbonyl (C=O) groups is 2. The van der Waals surface area contributed by atoms with Crippen molar-refractivity contribution in [1.82, 2.24) is 9.80 Å². The molecule has 1 saturated heterocycles. The summed E-state index contributed by atoms with van der Waals surface area (Å²) < 4.78 is 5.67. The highest BCUT2D eigenvalue weighted by molar-refractivity contribution is 6.00. The summed E-state index contributed by atoms with van der Waals surface area (Å²) in [7, 11) is 0. The smallest absolute Gasteiger partial charge is 0.255 e. The van der Waals surface area contributed by atoms with E-state index in [2.05, 4.69) is 5.32 Å². The van der Waals surface area contributed by atoms with Gasteiger partial charge in [-0.05, 0) is 39.8 Å². The molecule has 2 amide bonds. The summed E-state index contributed by atoms with van der Waals surface area (Å²) in [4.78, 5) is 28.7. The van der Waals surface area contributed by atoms with E-state index < -0.39 is 0 Å². The summed E-state index contributed by atoms with van der Waals surface area (Å²) in [5.74, 6) is 0.00116. The van der Waals surface area contributed by atoms with Crippen LogP contribution in [0.4, 0.5) is 5.69 Å². The summed E-state index contributed by atoms with van der Waals surface area (Å²) in [6.07, 6.45) is 0.0912. The van der Waals surface area contributed by atoms with Crippen molar-refractivity contribution in [2.75, 3.05) is 38.0 Å². The van der Waals surface area contributed by atoms with Gasteiger partial charge in [0.15, 0.2) is 0 Å². The van der Waals surface area contributed by atoms with Crippen molar-refractivity contribution in [3.8, 4) is 0 Å². The number of ether oxygens (including phenoxy) is 1.